The van der Waals surface area contributed by atoms with Crippen LogP contribution in [0.3, 0.4) is 0 Å². The van der Waals surface area contributed by atoms with E-state index in [-0.39, 0.29) is 46.4 Å². The number of carbonyl (C=O) groups excluding carboxylic acids is 3. The first-order valence-electron chi connectivity index (χ1n) is 16.3. The second-order valence-electron chi connectivity index (χ2n) is 11.5. The number of allylic oxidation sites excluding steroid dienone is 4. The third-order valence-electron chi connectivity index (χ3n) is 7.06. The third kappa shape index (κ3) is 17.5. The van der Waals surface area contributed by atoms with Crippen LogP contribution in [0.15, 0.2) is 158 Å². The van der Waals surface area contributed by atoms with E-state index in [4.69, 9.17) is 10.4 Å². The number of aromatic hydroxyl groups is 1. The Hall–Kier alpha value is -6.64. The summed E-state index contributed by atoms with van der Waals surface area (Å²) >= 11 is 0. The van der Waals surface area contributed by atoms with Crippen LogP contribution in [0.1, 0.15) is 47.3 Å². The molecule has 280 valence electrons. The van der Waals surface area contributed by atoms with Crippen LogP contribution in [0.4, 0.5) is 5.69 Å². The van der Waals surface area contributed by atoms with Crippen molar-refractivity contribution < 1.29 is 37.8 Å². The third-order valence-corrected chi connectivity index (χ3v) is 8.45. The molecule has 4 rings (SSSR count). The number of benzene rings is 4. The number of aromatic carboxylic acids is 1. The predicted octanol–water partition coefficient (Wildman–Crippen LogP) is 8.02. The maximum atomic E-state index is 12.3. The maximum absolute atomic E-state index is 12.3. The van der Waals surface area contributed by atoms with Crippen LogP contribution in [-0.4, -0.2) is 41.9 Å². The summed E-state index contributed by atoms with van der Waals surface area (Å²) in [4.78, 5) is 44.6. The SMILES string of the molecule is C=C(C)C(=O)Cc1ccc(C(=O)O)c(O)c1.C=C(C)C(=O)Cc1ccc(S(=O)(=O)Nc2ccccc2)cc1.C=CC#N.C=CC(=O)CCc1ccccc1. The van der Waals surface area contributed by atoms with Gasteiger partial charge in [-0.25, -0.2) is 13.2 Å². The number of phenols is 1. The van der Waals surface area contributed by atoms with Gasteiger partial charge in [0.2, 0.25) is 0 Å². The molecule has 0 aliphatic heterocycles. The summed E-state index contributed by atoms with van der Waals surface area (Å²) in [5.41, 5.74) is 3.77. The molecule has 0 aromatic heterocycles. The molecule has 0 heterocycles. The summed E-state index contributed by atoms with van der Waals surface area (Å²) in [5, 5.41) is 25.6. The van der Waals surface area contributed by atoms with Gasteiger partial charge in [-0.2, -0.15) is 5.26 Å². The monoisotopic (exact) mass is 748 g/mol. The average Bonchev–Trinajstić information content (AvgIpc) is 3.15. The zero-order valence-electron chi connectivity index (χ0n) is 30.3. The van der Waals surface area contributed by atoms with Crippen molar-refractivity contribution in [2.24, 2.45) is 0 Å². The fraction of sp³-hybridized carbons (Fsp3) is 0.140. The van der Waals surface area contributed by atoms with Crippen molar-refractivity contribution in [1.29, 1.82) is 5.26 Å². The molecule has 4 aromatic rings. The number of carbonyl (C=O) groups is 4. The number of carboxylic acid groups (broad SMARTS) is 1. The smallest absolute Gasteiger partial charge is 0.339 e. The molecule has 0 bridgehead atoms. The molecule has 0 fully saturated rings. The lowest BCUT2D eigenvalue weighted by Gasteiger charge is -2.08. The standard InChI is InChI=1S/C17H17NO3S.C12H12O4.C11H12O.C3H3N/c1-13(2)17(19)12-14-8-10-16(11-9-14)22(20,21)18-15-6-4-3-5-7-15;1-7(2)10(13)5-8-3-4-9(12(15)16)11(14)6-8;1-2-11(12)9-8-10-6-4-3-5-7-10;1-2-3-4/h3-11,18H,1,12H2,2H3;3-4,6,14H,1,5H2,2H3,(H,15,16);2-7H,1,8-9H2;2H,1H2. The van der Waals surface area contributed by atoms with Crippen LogP contribution in [0.5, 0.6) is 5.75 Å². The summed E-state index contributed by atoms with van der Waals surface area (Å²) in [6.45, 7) is 16.9. The molecule has 0 radical (unpaired) electrons. The molecule has 0 aliphatic rings. The molecular formula is C43H44N2O8S. The van der Waals surface area contributed by atoms with E-state index in [9.17, 15) is 32.7 Å². The van der Waals surface area contributed by atoms with Gasteiger partial charge >= 0.3 is 5.97 Å². The molecule has 0 spiro atoms. The molecule has 0 unspecified atom stereocenters. The minimum atomic E-state index is -3.63. The second kappa shape index (κ2) is 23.8. The minimum absolute atomic E-state index is 0.0574. The van der Waals surface area contributed by atoms with Gasteiger partial charge in [0.1, 0.15) is 11.3 Å². The highest BCUT2D eigenvalue weighted by Gasteiger charge is 2.15. The van der Waals surface area contributed by atoms with E-state index in [0.29, 0.717) is 28.8 Å². The lowest BCUT2D eigenvalue weighted by atomic mass is 10.0. The van der Waals surface area contributed by atoms with Gasteiger partial charge in [-0.15, -0.1) is 0 Å². The maximum Gasteiger partial charge on any atom is 0.339 e. The quantitative estimate of drug-likeness (QED) is 0.0850. The predicted molar refractivity (Wildman–Crippen MR) is 212 cm³/mol. The van der Waals surface area contributed by atoms with Crippen LogP contribution < -0.4 is 4.72 Å². The normalized spacial score (nSPS) is 9.72. The van der Waals surface area contributed by atoms with E-state index >= 15 is 0 Å². The summed E-state index contributed by atoms with van der Waals surface area (Å²) in [5.74, 6) is -1.62. The number of hydrogen-bond acceptors (Lipinski definition) is 8. The number of Topliss-reactive ketones (excluding diaryl/α,β-unsaturated/α-hetero) is 2. The summed E-state index contributed by atoms with van der Waals surface area (Å²) < 4.78 is 27.0. The van der Waals surface area contributed by atoms with Gasteiger partial charge in [-0.3, -0.25) is 19.1 Å². The van der Waals surface area contributed by atoms with Gasteiger partial charge in [0.15, 0.2) is 17.3 Å². The van der Waals surface area contributed by atoms with Gasteiger partial charge < -0.3 is 10.2 Å². The highest BCUT2D eigenvalue weighted by Crippen LogP contribution is 2.20. The average molecular weight is 749 g/mol. The zero-order valence-corrected chi connectivity index (χ0v) is 31.1. The molecule has 4 aromatic carbocycles. The Morgan fingerprint density at radius 1 is 0.759 bits per heavy atom. The number of ketones is 3. The van der Waals surface area contributed by atoms with Crippen LogP contribution in [0.2, 0.25) is 0 Å². The minimum Gasteiger partial charge on any atom is -0.507 e. The number of hydrogen-bond donors (Lipinski definition) is 3. The highest BCUT2D eigenvalue weighted by molar-refractivity contribution is 7.92. The Kier molecular flexibility index (Phi) is 20.0. The van der Waals surface area contributed by atoms with Crippen molar-refractivity contribution in [2.45, 2.75) is 44.4 Å². The Morgan fingerprint density at radius 3 is 1.69 bits per heavy atom. The molecular weight excluding hydrogens is 705 g/mol. The molecule has 0 saturated heterocycles. The van der Waals surface area contributed by atoms with Crippen molar-refractivity contribution in [3.05, 3.63) is 175 Å². The molecule has 0 amide bonds. The molecule has 3 N–H and O–H groups in total. The van der Waals surface area contributed by atoms with E-state index < -0.39 is 16.0 Å². The van der Waals surface area contributed by atoms with Gasteiger partial charge in [-0.1, -0.05) is 93.0 Å². The van der Waals surface area contributed by atoms with Crippen LogP contribution in [0, 0.1) is 11.3 Å². The molecule has 0 aliphatic carbocycles. The Labute approximate surface area is 317 Å². The van der Waals surface area contributed by atoms with Gasteiger partial charge in [0.05, 0.1) is 11.0 Å². The lowest BCUT2D eigenvalue weighted by molar-refractivity contribution is -0.115. The first-order chi connectivity index (χ1) is 25.5. The first-order valence-corrected chi connectivity index (χ1v) is 17.8. The number of nitrogens with one attached hydrogen (secondary N) is 1. The Morgan fingerprint density at radius 2 is 1.24 bits per heavy atom. The topological polar surface area (TPSA) is 179 Å². The first kappa shape index (κ1) is 45.4. The van der Waals surface area contributed by atoms with Crippen molar-refractivity contribution >= 4 is 39.0 Å². The number of para-hydroxylation sites is 1. The second-order valence-corrected chi connectivity index (χ2v) is 13.2. The van der Waals surface area contributed by atoms with E-state index in [0.717, 1.165) is 12.0 Å². The molecule has 11 heteroatoms. The number of sulfonamides is 1. The number of anilines is 1. The van der Waals surface area contributed by atoms with Crippen LogP contribution in [-0.2, 0) is 43.7 Å². The Bertz CT molecular complexity index is 2080. The molecule has 0 atom stereocenters. The number of rotatable bonds is 14. The number of nitrogens with zero attached hydrogens (tertiary/aromatic N) is 1. The van der Waals surface area contributed by atoms with Gasteiger partial charge in [0.25, 0.3) is 10.0 Å². The fourth-order valence-electron chi connectivity index (χ4n) is 4.06. The number of nitriles is 1. The van der Waals surface area contributed by atoms with Crippen LogP contribution >= 0.6 is 0 Å². The zero-order chi connectivity index (χ0) is 40.7. The Balaban J connectivity index is 0.000000401. The van der Waals surface area contributed by atoms with Crippen molar-refractivity contribution in [1.82, 2.24) is 0 Å². The lowest BCUT2D eigenvalue weighted by Crippen LogP contribution is -2.13. The van der Waals surface area contributed by atoms with Crippen molar-refractivity contribution in [2.75, 3.05) is 4.72 Å². The number of aryl methyl sites for hydroxylation is 1. The van der Waals surface area contributed by atoms with Gasteiger partial charge in [0, 0.05) is 31.0 Å². The molecule has 10 nitrogen and oxygen atoms in total. The van der Waals surface area contributed by atoms with E-state index in [1.54, 1.807) is 56.3 Å². The van der Waals surface area contributed by atoms with Crippen LogP contribution in [0.25, 0.3) is 0 Å². The van der Waals surface area contributed by atoms with E-state index in [1.807, 2.05) is 36.4 Å². The molecule has 0 saturated carbocycles. The largest absolute Gasteiger partial charge is 0.507 e. The van der Waals surface area contributed by atoms with Crippen molar-refractivity contribution in [3.8, 4) is 11.8 Å². The summed E-state index contributed by atoms with van der Waals surface area (Å²) in [6, 6.07) is 30.7. The molecule has 54 heavy (non-hydrogen) atoms. The van der Waals surface area contributed by atoms with Gasteiger partial charge in [-0.05, 0) is 90.6 Å². The van der Waals surface area contributed by atoms with E-state index in [1.165, 1.54) is 48.0 Å². The van der Waals surface area contributed by atoms with E-state index in [2.05, 4.69) is 31.0 Å². The summed E-state index contributed by atoms with van der Waals surface area (Å²) in [6.07, 6.45) is 4.27. The highest BCUT2D eigenvalue weighted by atomic mass is 32.2. The fourth-order valence-corrected chi connectivity index (χ4v) is 5.12. The summed E-state index contributed by atoms with van der Waals surface area (Å²) in [7, 11) is -3.63. The van der Waals surface area contributed by atoms with Crippen molar-refractivity contribution in [3.63, 3.8) is 0 Å². The number of carboxylic acids is 1.